The molecule has 0 radical (unpaired) electrons. The van der Waals surface area contributed by atoms with Crippen molar-refractivity contribution in [3.05, 3.63) is 35.4 Å². The van der Waals surface area contributed by atoms with Crippen molar-refractivity contribution in [3.8, 4) is 0 Å². The molecule has 0 spiro atoms. The second-order valence-electron chi connectivity index (χ2n) is 5.80. The third-order valence-electron chi connectivity index (χ3n) is 3.71. The highest BCUT2D eigenvalue weighted by Crippen LogP contribution is 2.19. The zero-order valence-corrected chi connectivity index (χ0v) is 12.9. The molecule has 0 bridgehead atoms. The molecule has 3 nitrogen and oxygen atoms in total. The Hall–Kier alpha value is -1.35. The number of hydrogen-bond donors (Lipinski definition) is 0. The molecule has 0 saturated carbocycles. The molecule has 3 heteroatoms. The number of ether oxygens (including phenoxy) is 1. The van der Waals surface area contributed by atoms with Gasteiger partial charge in [-0.15, -0.1) is 0 Å². The molecule has 106 valence electrons. The maximum Gasteiger partial charge on any atom is 0.325 e. The Morgan fingerprint density at radius 2 is 1.79 bits per heavy atom. The van der Waals surface area contributed by atoms with Crippen molar-refractivity contribution in [2.75, 3.05) is 14.2 Å². The first-order chi connectivity index (χ1) is 8.78. The van der Waals surface area contributed by atoms with Gasteiger partial charge in [-0.2, -0.15) is 0 Å². The number of rotatable bonds is 5. The summed E-state index contributed by atoms with van der Waals surface area (Å²) in [6.45, 7) is 8.84. The van der Waals surface area contributed by atoms with Gasteiger partial charge in [0.05, 0.1) is 7.11 Å². The van der Waals surface area contributed by atoms with Crippen LogP contribution in [0.15, 0.2) is 24.3 Å². The fraction of sp³-hybridized carbons (Fsp3) is 0.562. The zero-order chi connectivity index (χ0) is 14.6. The third-order valence-corrected chi connectivity index (χ3v) is 3.71. The number of methoxy groups -OCH3 is 1. The SMILES string of the molecule is COC(=O)C(C)(C)N(C)Cc1ccc(C(C)C)cc1. The van der Waals surface area contributed by atoms with Crippen LogP contribution in [-0.4, -0.2) is 30.6 Å². The number of nitrogens with zero attached hydrogens (tertiary/aromatic N) is 1. The number of esters is 1. The Kier molecular flexibility index (Phi) is 5.12. The number of likely N-dealkylation sites (N-methyl/N-ethyl adjacent to an activating group) is 1. The summed E-state index contributed by atoms with van der Waals surface area (Å²) in [4.78, 5) is 13.7. The minimum Gasteiger partial charge on any atom is -0.468 e. The van der Waals surface area contributed by atoms with Crippen LogP contribution in [0.2, 0.25) is 0 Å². The van der Waals surface area contributed by atoms with E-state index in [2.05, 4.69) is 38.1 Å². The van der Waals surface area contributed by atoms with E-state index in [1.54, 1.807) is 0 Å². The molecular formula is C16H25NO2. The van der Waals surface area contributed by atoms with Crippen molar-refractivity contribution in [1.29, 1.82) is 0 Å². The van der Waals surface area contributed by atoms with Gasteiger partial charge in [0.1, 0.15) is 5.54 Å². The third kappa shape index (κ3) is 3.80. The van der Waals surface area contributed by atoms with E-state index in [1.807, 2.05) is 25.8 Å². The van der Waals surface area contributed by atoms with Crippen LogP contribution in [0.5, 0.6) is 0 Å². The van der Waals surface area contributed by atoms with E-state index in [-0.39, 0.29) is 5.97 Å². The molecule has 0 unspecified atom stereocenters. The maximum absolute atomic E-state index is 11.7. The van der Waals surface area contributed by atoms with Gasteiger partial charge in [-0.3, -0.25) is 9.69 Å². The molecule has 1 rings (SSSR count). The number of carbonyl (C=O) groups excluding carboxylic acids is 1. The Morgan fingerprint density at radius 3 is 2.21 bits per heavy atom. The van der Waals surface area contributed by atoms with Crippen molar-refractivity contribution >= 4 is 5.97 Å². The average molecular weight is 263 g/mol. The minimum atomic E-state index is -0.620. The Balaban J connectivity index is 2.76. The summed E-state index contributed by atoms with van der Waals surface area (Å²) in [6, 6.07) is 8.55. The van der Waals surface area contributed by atoms with E-state index in [9.17, 15) is 4.79 Å². The van der Waals surface area contributed by atoms with E-state index in [4.69, 9.17) is 4.74 Å². The van der Waals surface area contributed by atoms with Crippen LogP contribution in [-0.2, 0) is 16.1 Å². The van der Waals surface area contributed by atoms with Crippen molar-refractivity contribution < 1.29 is 9.53 Å². The summed E-state index contributed by atoms with van der Waals surface area (Å²) >= 11 is 0. The molecule has 0 amide bonds. The van der Waals surface area contributed by atoms with Gasteiger partial charge in [0.15, 0.2) is 0 Å². The van der Waals surface area contributed by atoms with E-state index < -0.39 is 5.54 Å². The topological polar surface area (TPSA) is 29.5 Å². The molecule has 0 N–H and O–H groups in total. The van der Waals surface area contributed by atoms with Crippen LogP contribution >= 0.6 is 0 Å². The molecule has 0 aliphatic rings. The lowest BCUT2D eigenvalue weighted by atomic mass is 10.00. The lowest BCUT2D eigenvalue weighted by Gasteiger charge is -2.32. The fourth-order valence-electron chi connectivity index (χ4n) is 1.89. The van der Waals surface area contributed by atoms with Crippen LogP contribution in [0.3, 0.4) is 0 Å². The Labute approximate surface area is 116 Å². The van der Waals surface area contributed by atoms with Crippen molar-refractivity contribution in [2.24, 2.45) is 0 Å². The van der Waals surface area contributed by atoms with Gasteiger partial charge >= 0.3 is 5.97 Å². The summed E-state index contributed by atoms with van der Waals surface area (Å²) in [6.07, 6.45) is 0. The zero-order valence-electron chi connectivity index (χ0n) is 12.9. The summed E-state index contributed by atoms with van der Waals surface area (Å²) < 4.78 is 4.84. The summed E-state index contributed by atoms with van der Waals surface area (Å²) in [5.41, 5.74) is 1.91. The Bertz CT molecular complexity index is 421. The van der Waals surface area contributed by atoms with Gasteiger partial charge in [0, 0.05) is 6.54 Å². The molecule has 0 fully saturated rings. The molecule has 19 heavy (non-hydrogen) atoms. The first kappa shape index (κ1) is 15.7. The standard InChI is InChI=1S/C16H25NO2/c1-12(2)14-9-7-13(8-10-14)11-17(5)16(3,4)15(18)19-6/h7-10,12H,11H2,1-6H3. The molecule has 1 aromatic rings. The predicted octanol–water partition coefficient (Wildman–Crippen LogP) is 3.19. The minimum absolute atomic E-state index is 0.214. The van der Waals surface area contributed by atoms with Gasteiger partial charge in [-0.25, -0.2) is 0 Å². The van der Waals surface area contributed by atoms with Crippen molar-refractivity contribution in [1.82, 2.24) is 4.90 Å². The molecule has 0 heterocycles. The van der Waals surface area contributed by atoms with Crippen LogP contribution in [0, 0.1) is 0 Å². The Morgan fingerprint density at radius 1 is 1.26 bits per heavy atom. The van der Waals surface area contributed by atoms with Crippen molar-refractivity contribution in [2.45, 2.75) is 45.7 Å². The molecule has 0 aliphatic carbocycles. The van der Waals surface area contributed by atoms with Crippen LogP contribution in [0.25, 0.3) is 0 Å². The van der Waals surface area contributed by atoms with Crippen molar-refractivity contribution in [3.63, 3.8) is 0 Å². The van der Waals surface area contributed by atoms with E-state index in [0.29, 0.717) is 5.92 Å². The number of hydrogen-bond acceptors (Lipinski definition) is 3. The van der Waals surface area contributed by atoms with Gasteiger partial charge in [-0.1, -0.05) is 38.1 Å². The average Bonchev–Trinajstić information content (AvgIpc) is 2.38. The number of carbonyl (C=O) groups is 1. The van der Waals surface area contributed by atoms with Crippen LogP contribution < -0.4 is 0 Å². The first-order valence-electron chi connectivity index (χ1n) is 6.67. The van der Waals surface area contributed by atoms with Gasteiger partial charge < -0.3 is 4.74 Å². The van der Waals surface area contributed by atoms with E-state index in [1.165, 1.54) is 18.2 Å². The smallest absolute Gasteiger partial charge is 0.325 e. The monoisotopic (exact) mass is 263 g/mol. The lowest BCUT2D eigenvalue weighted by molar-refractivity contribution is -0.152. The van der Waals surface area contributed by atoms with Gasteiger partial charge in [-0.05, 0) is 37.9 Å². The van der Waals surface area contributed by atoms with E-state index in [0.717, 1.165) is 6.54 Å². The summed E-state index contributed by atoms with van der Waals surface area (Å²) in [7, 11) is 3.36. The molecule has 0 atom stereocenters. The highest BCUT2D eigenvalue weighted by atomic mass is 16.5. The molecule has 1 aromatic carbocycles. The van der Waals surface area contributed by atoms with E-state index >= 15 is 0 Å². The second-order valence-corrected chi connectivity index (χ2v) is 5.80. The predicted molar refractivity (Wildman–Crippen MR) is 78.1 cm³/mol. The highest BCUT2D eigenvalue weighted by molar-refractivity contribution is 5.79. The largest absolute Gasteiger partial charge is 0.468 e. The fourth-order valence-corrected chi connectivity index (χ4v) is 1.89. The maximum atomic E-state index is 11.7. The van der Waals surface area contributed by atoms with Gasteiger partial charge in [0.25, 0.3) is 0 Å². The molecule has 0 aliphatic heterocycles. The lowest BCUT2D eigenvalue weighted by Crippen LogP contribution is -2.48. The molecule has 0 saturated heterocycles. The molecular weight excluding hydrogens is 238 g/mol. The van der Waals surface area contributed by atoms with Crippen LogP contribution in [0.4, 0.5) is 0 Å². The van der Waals surface area contributed by atoms with Crippen LogP contribution in [0.1, 0.15) is 44.7 Å². The quantitative estimate of drug-likeness (QED) is 0.764. The summed E-state index contributed by atoms with van der Waals surface area (Å²) in [5.74, 6) is 0.326. The highest BCUT2D eigenvalue weighted by Gasteiger charge is 2.33. The van der Waals surface area contributed by atoms with Gasteiger partial charge in [0.2, 0.25) is 0 Å². The number of benzene rings is 1. The summed E-state index contributed by atoms with van der Waals surface area (Å²) in [5, 5.41) is 0. The normalized spacial score (nSPS) is 12.0. The molecule has 0 aromatic heterocycles. The second kappa shape index (κ2) is 6.20. The first-order valence-corrected chi connectivity index (χ1v) is 6.67.